The van der Waals surface area contributed by atoms with Crippen LogP contribution in [0.25, 0.3) is 0 Å². The SMILES string of the molecule is CC(=O)NCC(n1ccnc1[N+](=O)[O-])C(F)(F)F. The fraction of sp³-hybridized carbons (Fsp3) is 0.500. The Balaban J connectivity index is 3.06. The average molecular weight is 266 g/mol. The molecule has 1 aromatic rings. The van der Waals surface area contributed by atoms with Crippen LogP contribution in [0.3, 0.4) is 0 Å². The molecule has 0 aliphatic carbocycles. The molecule has 10 heteroatoms. The lowest BCUT2D eigenvalue weighted by Crippen LogP contribution is -2.37. The van der Waals surface area contributed by atoms with E-state index in [1.54, 1.807) is 0 Å². The van der Waals surface area contributed by atoms with Gasteiger partial charge in [0.15, 0.2) is 6.04 Å². The Morgan fingerprint density at radius 1 is 1.67 bits per heavy atom. The highest BCUT2D eigenvalue weighted by atomic mass is 19.4. The molecule has 7 nitrogen and oxygen atoms in total. The zero-order valence-corrected chi connectivity index (χ0v) is 9.14. The van der Waals surface area contributed by atoms with E-state index in [1.807, 2.05) is 5.32 Å². The number of hydrogen-bond donors (Lipinski definition) is 1. The molecule has 1 rings (SSSR count). The highest BCUT2D eigenvalue weighted by Gasteiger charge is 2.45. The van der Waals surface area contributed by atoms with Gasteiger partial charge < -0.3 is 15.4 Å². The van der Waals surface area contributed by atoms with E-state index >= 15 is 0 Å². The molecule has 1 unspecified atom stereocenters. The molecule has 0 spiro atoms. The molecule has 0 aliphatic rings. The van der Waals surface area contributed by atoms with E-state index in [1.165, 1.54) is 0 Å². The molecule has 0 radical (unpaired) electrons. The minimum absolute atomic E-state index is 0.371. The average Bonchev–Trinajstić information content (AvgIpc) is 2.63. The maximum Gasteiger partial charge on any atom is 0.435 e. The van der Waals surface area contributed by atoms with Gasteiger partial charge in [-0.3, -0.25) is 4.79 Å². The van der Waals surface area contributed by atoms with Crippen molar-refractivity contribution in [3.63, 3.8) is 0 Å². The summed E-state index contributed by atoms with van der Waals surface area (Å²) in [5, 5.41) is 12.5. The maximum absolute atomic E-state index is 12.8. The van der Waals surface area contributed by atoms with Crippen LogP contribution in [0.2, 0.25) is 0 Å². The third-order valence-electron chi connectivity index (χ3n) is 2.07. The first-order valence-corrected chi connectivity index (χ1v) is 4.72. The number of nitro groups is 1. The number of imidazole rings is 1. The van der Waals surface area contributed by atoms with Crippen LogP contribution in [0.1, 0.15) is 13.0 Å². The highest BCUT2D eigenvalue weighted by Crippen LogP contribution is 2.32. The van der Waals surface area contributed by atoms with Crippen LogP contribution >= 0.6 is 0 Å². The zero-order valence-electron chi connectivity index (χ0n) is 9.14. The summed E-state index contributed by atoms with van der Waals surface area (Å²) in [5.41, 5.74) is 0. The van der Waals surface area contributed by atoms with Crippen molar-refractivity contribution in [2.24, 2.45) is 0 Å². The Morgan fingerprint density at radius 2 is 2.28 bits per heavy atom. The first kappa shape index (κ1) is 13.9. The number of amides is 1. The molecular weight excluding hydrogens is 257 g/mol. The third kappa shape index (κ3) is 3.18. The van der Waals surface area contributed by atoms with E-state index in [2.05, 4.69) is 4.98 Å². The lowest BCUT2D eigenvalue weighted by atomic mass is 10.2. The third-order valence-corrected chi connectivity index (χ3v) is 2.07. The minimum atomic E-state index is -4.74. The van der Waals surface area contributed by atoms with Crippen LogP contribution in [0.15, 0.2) is 12.4 Å². The Hall–Kier alpha value is -2.13. The molecule has 0 aliphatic heterocycles. The largest absolute Gasteiger partial charge is 0.435 e. The van der Waals surface area contributed by atoms with Gasteiger partial charge in [-0.2, -0.15) is 13.2 Å². The first-order valence-electron chi connectivity index (χ1n) is 4.72. The van der Waals surface area contributed by atoms with Gasteiger partial charge in [0, 0.05) is 6.92 Å². The summed E-state index contributed by atoms with van der Waals surface area (Å²) in [7, 11) is 0. The summed E-state index contributed by atoms with van der Waals surface area (Å²) in [6, 6.07) is -2.23. The molecule has 0 saturated carbocycles. The van der Waals surface area contributed by atoms with Crippen LogP contribution < -0.4 is 5.32 Å². The van der Waals surface area contributed by atoms with Crippen LogP contribution in [-0.4, -0.2) is 33.1 Å². The quantitative estimate of drug-likeness (QED) is 0.651. The van der Waals surface area contributed by atoms with Gasteiger partial charge in [-0.1, -0.05) is 4.98 Å². The van der Waals surface area contributed by atoms with Gasteiger partial charge in [0.25, 0.3) is 0 Å². The number of alkyl halides is 3. The summed E-state index contributed by atoms with van der Waals surface area (Å²) in [4.78, 5) is 23.4. The van der Waals surface area contributed by atoms with E-state index in [4.69, 9.17) is 0 Å². The molecule has 1 heterocycles. The number of aromatic nitrogens is 2. The van der Waals surface area contributed by atoms with E-state index < -0.39 is 35.5 Å². The minimum Gasteiger partial charge on any atom is -0.390 e. The second-order valence-electron chi connectivity index (χ2n) is 3.39. The molecule has 1 amide bonds. The monoisotopic (exact) mass is 266 g/mol. The van der Waals surface area contributed by atoms with E-state index in [9.17, 15) is 28.1 Å². The molecule has 1 N–H and O–H groups in total. The van der Waals surface area contributed by atoms with E-state index in [0.29, 0.717) is 4.57 Å². The van der Waals surface area contributed by atoms with Gasteiger partial charge >= 0.3 is 12.1 Å². The number of hydrogen-bond acceptors (Lipinski definition) is 4. The van der Waals surface area contributed by atoms with Crippen LogP contribution in [-0.2, 0) is 4.79 Å². The number of carbonyl (C=O) groups is 1. The van der Waals surface area contributed by atoms with Crippen molar-refractivity contribution in [1.29, 1.82) is 0 Å². The first-order chi connectivity index (χ1) is 8.23. The normalized spacial score (nSPS) is 13.1. The molecule has 0 saturated heterocycles. The second kappa shape index (κ2) is 5.02. The molecule has 0 fully saturated rings. The Morgan fingerprint density at radius 3 is 2.72 bits per heavy atom. The topological polar surface area (TPSA) is 90.1 Å². The van der Waals surface area contributed by atoms with Gasteiger partial charge in [-0.15, -0.1) is 0 Å². The number of carbonyl (C=O) groups excluding carboxylic acids is 1. The number of nitrogens with one attached hydrogen (secondary N) is 1. The lowest BCUT2D eigenvalue weighted by Gasteiger charge is -2.19. The van der Waals surface area contributed by atoms with Crippen LogP contribution in [0.4, 0.5) is 19.1 Å². The zero-order chi connectivity index (χ0) is 13.9. The van der Waals surface area contributed by atoms with Gasteiger partial charge in [0.2, 0.25) is 5.91 Å². The lowest BCUT2D eigenvalue weighted by molar-refractivity contribution is -0.398. The van der Waals surface area contributed by atoms with Crippen molar-refractivity contribution in [3.8, 4) is 0 Å². The Bertz CT molecular complexity index is 457. The smallest absolute Gasteiger partial charge is 0.390 e. The summed E-state index contributed by atoms with van der Waals surface area (Å²) in [6.07, 6.45) is -3.00. The van der Waals surface area contributed by atoms with Crippen LogP contribution in [0, 0.1) is 10.1 Å². The van der Waals surface area contributed by atoms with Crippen molar-refractivity contribution in [1.82, 2.24) is 14.9 Å². The molecular formula is C8H9F3N4O3. The van der Waals surface area contributed by atoms with Crippen molar-refractivity contribution in [3.05, 3.63) is 22.5 Å². The second-order valence-corrected chi connectivity index (χ2v) is 3.39. The fourth-order valence-corrected chi connectivity index (χ4v) is 1.30. The van der Waals surface area contributed by atoms with Crippen molar-refractivity contribution >= 4 is 11.9 Å². The molecule has 0 bridgehead atoms. The predicted molar refractivity (Wildman–Crippen MR) is 52.7 cm³/mol. The van der Waals surface area contributed by atoms with Crippen molar-refractivity contribution in [2.75, 3.05) is 6.54 Å². The molecule has 0 aromatic carbocycles. The summed E-state index contributed by atoms with van der Waals surface area (Å²) in [5.74, 6) is -1.59. The number of rotatable bonds is 4. The van der Waals surface area contributed by atoms with E-state index in [0.717, 1.165) is 19.3 Å². The van der Waals surface area contributed by atoms with Crippen molar-refractivity contribution < 1.29 is 22.9 Å². The Labute approximate surface area is 98.8 Å². The molecule has 100 valence electrons. The summed E-state index contributed by atoms with van der Waals surface area (Å²) in [6.45, 7) is 0.256. The standard InChI is InChI=1S/C8H9F3N4O3/c1-5(16)13-4-6(8(9,10)11)14-3-2-12-7(14)15(17)18/h2-3,6H,4H2,1H3,(H,13,16). The molecule has 18 heavy (non-hydrogen) atoms. The van der Waals surface area contributed by atoms with Crippen molar-refractivity contribution in [2.45, 2.75) is 19.1 Å². The molecule has 1 aromatic heterocycles. The van der Waals surface area contributed by atoms with Gasteiger partial charge in [0.1, 0.15) is 12.4 Å². The maximum atomic E-state index is 12.8. The summed E-state index contributed by atoms with van der Waals surface area (Å²) >= 11 is 0. The van der Waals surface area contributed by atoms with Gasteiger partial charge in [-0.25, -0.2) is 4.57 Å². The molecule has 1 atom stereocenters. The van der Waals surface area contributed by atoms with E-state index in [-0.39, 0.29) is 0 Å². The number of halogens is 3. The van der Waals surface area contributed by atoms with Gasteiger partial charge in [0.05, 0.1) is 6.54 Å². The summed E-state index contributed by atoms with van der Waals surface area (Å²) < 4.78 is 38.6. The van der Waals surface area contributed by atoms with Crippen LogP contribution in [0.5, 0.6) is 0 Å². The predicted octanol–water partition coefficient (Wildman–Crippen LogP) is 1.03. The highest BCUT2D eigenvalue weighted by molar-refractivity contribution is 5.72. The Kier molecular flexibility index (Phi) is 3.89. The van der Waals surface area contributed by atoms with Gasteiger partial charge in [-0.05, 0) is 4.92 Å². The number of nitrogens with zero attached hydrogens (tertiary/aromatic N) is 3. The fourth-order valence-electron chi connectivity index (χ4n) is 1.30.